The van der Waals surface area contributed by atoms with Crippen LogP contribution in [-0.2, 0) is 0 Å². The van der Waals surface area contributed by atoms with Crippen molar-refractivity contribution < 1.29 is 4.48 Å². The van der Waals surface area contributed by atoms with E-state index in [0.717, 1.165) is 0 Å². The lowest BCUT2D eigenvalue weighted by molar-refractivity contribution is -0.929. The highest BCUT2D eigenvalue weighted by atomic mass is 15.3. The summed E-state index contributed by atoms with van der Waals surface area (Å²) >= 11 is 0. The van der Waals surface area contributed by atoms with Gasteiger partial charge in [-0.25, -0.2) is 0 Å². The summed E-state index contributed by atoms with van der Waals surface area (Å²) in [6, 6.07) is 28.0. The van der Waals surface area contributed by atoms with Crippen LogP contribution in [-0.4, -0.2) is 36.8 Å². The fourth-order valence-corrected chi connectivity index (χ4v) is 7.64. The Morgan fingerprint density at radius 3 is 0.936 bits per heavy atom. The Labute approximate surface area is 293 Å². The molecule has 0 unspecified atom stereocenters. The second kappa shape index (κ2) is 23.1. The van der Waals surface area contributed by atoms with Crippen molar-refractivity contribution in [3.63, 3.8) is 0 Å². The van der Waals surface area contributed by atoms with E-state index in [0.29, 0.717) is 0 Å². The largest absolute Gasteiger partial charge is 0.324 e. The number of unbranched alkanes of at least 4 members (excludes halogenated alkanes) is 9. The Morgan fingerprint density at radius 2 is 0.638 bits per heavy atom. The van der Waals surface area contributed by atoms with E-state index in [1.165, 1.54) is 160 Å². The smallest absolute Gasteiger partial charge is 0.0814 e. The van der Waals surface area contributed by atoms with Gasteiger partial charge in [-0.1, -0.05) is 188 Å². The average molecular weight is 640 g/mol. The molecule has 0 aromatic heterocycles. The molecule has 0 N–H and O–H groups in total. The first kappa shape index (κ1) is 40.9. The SMILES string of the molecule is CCCCCCCC[B-](c1ccc(C)cc1)(c1ccc(C)cc1)c1ccc(C)cc1.CCCC[N+](CCCC)(CCCC)CCCC. The molecule has 1 nitrogen and oxygen atoms in total. The predicted molar refractivity (Wildman–Crippen MR) is 216 cm³/mol. The van der Waals surface area contributed by atoms with Crippen LogP contribution in [0.25, 0.3) is 0 Å². The van der Waals surface area contributed by atoms with E-state index >= 15 is 0 Å². The highest BCUT2D eigenvalue weighted by Gasteiger charge is 2.29. The molecular formula is C45H74BN. The number of rotatable bonds is 22. The zero-order valence-corrected chi connectivity index (χ0v) is 32.4. The van der Waals surface area contributed by atoms with Crippen LogP contribution in [0.4, 0.5) is 0 Å². The number of hydrogen-bond acceptors (Lipinski definition) is 0. The van der Waals surface area contributed by atoms with Crippen molar-refractivity contribution in [2.24, 2.45) is 0 Å². The summed E-state index contributed by atoms with van der Waals surface area (Å²) in [5, 5.41) is 0. The molecule has 0 saturated heterocycles. The standard InChI is InChI=1S/C29H38B.C16H36N/c1-5-6-7-8-9-10-23-30(27-17-11-24(2)12-18-27,28-19-13-25(3)14-20-28)29-21-15-26(4)16-22-29;1-5-9-13-17(14-10-6-2,15-11-7-3)16-12-8-4/h11-22H,5-10,23H2,1-4H3;5-16H2,1-4H3/q-1;+1. The minimum Gasteiger partial charge on any atom is -0.324 e. The van der Waals surface area contributed by atoms with Crippen LogP contribution in [0.2, 0.25) is 6.32 Å². The molecule has 0 aliphatic carbocycles. The first-order valence-electron chi connectivity index (χ1n) is 20.0. The van der Waals surface area contributed by atoms with Gasteiger partial charge < -0.3 is 4.48 Å². The molecule has 0 spiro atoms. The van der Waals surface area contributed by atoms with Crippen molar-refractivity contribution in [3.8, 4) is 0 Å². The van der Waals surface area contributed by atoms with E-state index in [-0.39, 0.29) is 0 Å². The summed E-state index contributed by atoms with van der Waals surface area (Å²) in [7, 11) is 0. The molecule has 0 aliphatic heterocycles. The molecule has 0 amide bonds. The van der Waals surface area contributed by atoms with E-state index in [1.54, 1.807) is 0 Å². The Hall–Kier alpha value is -2.32. The first-order valence-corrected chi connectivity index (χ1v) is 20.0. The van der Waals surface area contributed by atoms with E-state index in [1.807, 2.05) is 0 Å². The molecule has 0 radical (unpaired) electrons. The maximum Gasteiger partial charge on any atom is 0.0814 e. The Kier molecular flexibility index (Phi) is 20.1. The maximum absolute atomic E-state index is 2.38. The van der Waals surface area contributed by atoms with E-state index < -0.39 is 6.15 Å². The average Bonchev–Trinajstić information content (AvgIpc) is 3.09. The van der Waals surface area contributed by atoms with Crippen LogP contribution in [0, 0.1) is 20.8 Å². The summed E-state index contributed by atoms with van der Waals surface area (Å²) in [6.07, 6.45) is 19.3. The Balaban J connectivity index is 0.000000387. The van der Waals surface area contributed by atoms with Gasteiger partial charge in [0.1, 0.15) is 0 Å². The zero-order valence-electron chi connectivity index (χ0n) is 32.4. The van der Waals surface area contributed by atoms with Gasteiger partial charge in [-0.05, 0) is 46.5 Å². The van der Waals surface area contributed by atoms with Crippen molar-refractivity contribution in [1.82, 2.24) is 0 Å². The topological polar surface area (TPSA) is 0 Å². The molecule has 3 rings (SSSR count). The molecule has 0 atom stereocenters. The third-order valence-electron chi connectivity index (χ3n) is 10.9. The second-order valence-corrected chi connectivity index (χ2v) is 15.0. The minimum absolute atomic E-state index is 0.981. The highest BCUT2D eigenvalue weighted by Crippen LogP contribution is 2.20. The lowest BCUT2D eigenvalue weighted by atomic mass is 9.14. The van der Waals surface area contributed by atoms with Gasteiger partial charge in [-0.2, -0.15) is 22.7 Å². The van der Waals surface area contributed by atoms with Crippen molar-refractivity contribution in [1.29, 1.82) is 0 Å². The van der Waals surface area contributed by atoms with Crippen molar-refractivity contribution in [3.05, 3.63) is 89.5 Å². The van der Waals surface area contributed by atoms with E-state index in [9.17, 15) is 0 Å². The van der Waals surface area contributed by atoms with Gasteiger partial charge in [-0.15, -0.1) is 0 Å². The molecule has 0 saturated carbocycles. The number of benzene rings is 3. The Bertz CT molecular complexity index is 1030. The summed E-state index contributed by atoms with van der Waals surface area (Å²) in [6.45, 7) is 23.9. The highest BCUT2D eigenvalue weighted by molar-refractivity contribution is 7.11. The van der Waals surface area contributed by atoms with Gasteiger partial charge in [0.15, 0.2) is 0 Å². The van der Waals surface area contributed by atoms with Gasteiger partial charge >= 0.3 is 0 Å². The normalized spacial score (nSPS) is 11.7. The summed E-state index contributed by atoms with van der Waals surface area (Å²) in [4.78, 5) is 0. The number of quaternary nitrogens is 1. The molecule has 0 fully saturated rings. The molecule has 3 aromatic rings. The molecule has 2 heteroatoms. The summed E-state index contributed by atoms with van der Waals surface area (Å²) < 4.78 is 1.42. The molecule has 0 aliphatic rings. The van der Waals surface area contributed by atoms with Gasteiger partial charge in [0, 0.05) is 0 Å². The van der Waals surface area contributed by atoms with Crippen molar-refractivity contribution in [2.45, 2.75) is 152 Å². The monoisotopic (exact) mass is 640 g/mol. The molecular weight excluding hydrogens is 565 g/mol. The number of aryl methyl sites for hydroxylation is 3. The van der Waals surface area contributed by atoms with Crippen LogP contribution in [0.1, 0.15) is 141 Å². The van der Waals surface area contributed by atoms with E-state index in [2.05, 4.69) is 128 Å². The van der Waals surface area contributed by atoms with Crippen molar-refractivity contribution >= 4 is 22.5 Å². The third-order valence-corrected chi connectivity index (χ3v) is 10.9. The quantitative estimate of drug-likeness (QED) is 0.0583. The molecule has 0 heterocycles. The maximum atomic E-state index is 2.38. The predicted octanol–water partition coefficient (Wildman–Crippen LogP) is 11.4. The number of hydrogen-bond donors (Lipinski definition) is 0. The van der Waals surface area contributed by atoms with Crippen LogP contribution >= 0.6 is 0 Å². The second-order valence-electron chi connectivity index (χ2n) is 15.0. The zero-order chi connectivity index (χ0) is 34.4. The van der Waals surface area contributed by atoms with Crippen LogP contribution in [0.5, 0.6) is 0 Å². The van der Waals surface area contributed by atoms with Crippen LogP contribution in [0.15, 0.2) is 72.8 Å². The van der Waals surface area contributed by atoms with Gasteiger partial charge in [0.05, 0.1) is 32.3 Å². The fourth-order valence-electron chi connectivity index (χ4n) is 7.64. The van der Waals surface area contributed by atoms with Crippen LogP contribution in [0.3, 0.4) is 0 Å². The fraction of sp³-hybridized carbons (Fsp3) is 0.600. The molecule has 3 aromatic carbocycles. The van der Waals surface area contributed by atoms with Gasteiger partial charge in [-0.3, -0.25) is 0 Å². The van der Waals surface area contributed by atoms with Gasteiger partial charge in [0.2, 0.25) is 0 Å². The lowest BCUT2D eigenvalue weighted by Crippen LogP contribution is -2.67. The third kappa shape index (κ3) is 13.6. The number of nitrogens with zero attached hydrogens (tertiary/aromatic N) is 1. The van der Waals surface area contributed by atoms with Crippen LogP contribution < -0.4 is 16.4 Å². The lowest BCUT2D eigenvalue weighted by Gasteiger charge is -2.43. The van der Waals surface area contributed by atoms with Crippen molar-refractivity contribution in [2.75, 3.05) is 26.2 Å². The summed E-state index contributed by atoms with van der Waals surface area (Å²) in [5.74, 6) is 0. The molecule has 0 bridgehead atoms. The minimum atomic E-state index is -0.981. The molecule has 262 valence electrons. The Morgan fingerprint density at radius 1 is 0.362 bits per heavy atom. The first-order chi connectivity index (χ1) is 22.8. The molecule has 47 heavy (non-hydrogen) atoms. The van der Waals surface area contributed by atoms with E-state index in [4.69, 9.17) is 0 Å². The van der Waals surface area contributed by atoms with Gasteiger partial charge in [0.25, 0.3) is 0 Å². The summed E-state index contributed by atoms with van der Waals surface area (Å²) in [5.41, 5.74) is 8.41.